The van der Waals surface area contributed by atoms with Crippen LogP contribution in [-0.2, 0) is 0 Å². The van der Waals surface area contributed by atoms with Gasteiger partial charge >= 0.3 is 0 Å². The molecule has 1 aromatic heterocycles. The molecule has 92 valence electrons. The first-order valence-corrected chi connectivity index (χ1v) is 7.37. The molecule has 17 heavy (non-hydrogen) atoms. The Bertz CT molecular complexity index is 381. The van der Waals surface area contributed by atoms with E-state index in [2.05, 4.69) is 42.4 Å². The highest BCUT2D eigenvalue weighted by molar-refractivity contribution is 14.1. The van der Waals surface area contributed by atoms with Gasteiger partial charge < -0.3 is 4.90 Å². The molecule has 0 amide bonds. The van der Waals surface area contributed by atoms with Gasteiger partial charge in [-0.1, -0.05) is 0 Å². The van der Waals surface area contributed by atoms with E-state index in [0.717, 1.165) is 28.6 Å². The van der Waals surface area contributed by atoms with Crippen molar-refractivity contribution in [3.8, 4) is 0 Å². The Balaban J connectivity index is 1.76. The second-order valence-electron chi connectivity index (χ2n) is 4.83. The lowest BCUT2D eigenvalue weighted by atomic mass is 10.2. The van der Waals surface area contributed by atoms with Crippen LogP contribution in [0.25, 0.3) is 0 Å². The summed E-state index contributed by atoms with van der Waals surface area (Å²) in [5.41, 5.74) is 0. The Morgan fingerprint density at radius 1 is 1.12 bits per heavy atom. The van der Waals surface area contributed by atoms with E-state index in [1.807, 2.05) is 12.4 Å². The van der Waals surface area contributed by atoms with E-state index in [-0.39, 0.29) is 0 Å². The van der Waals surface area contributed by atoms with Crippen molar-refractivity contribution >= 4 is 28.5 Å². The molecule has 1 aromatic rings. The number of anilines is 1. The highest BCUT2D eigenvalue weighted by Crippen LogP contribution is 2.23. The molecule has 5 heteroatoms. The van der Waals surface area contributed by atoms with E-state index in [0.29, 0.717) is 0 Å². The van der Waals surface area contributed by atoms with E-state index in [9.17, 15) is 0 Å². The molecule has 3 rings (SSSR count). The Kier molecular flexibility index (Phi) is 3.46. The van der Waals surface area contributed by atoms with E-state index < -0.39 is 0 Å². The first-order valence-electron chi connectivity index (χ1n) is 6.29. The zero-order valence-electron chi connectivity index (χ0n) is 9.85. The SMILES string of the molecule is Ic1cnc(N2CCCN3CCCC3C2)nc1. The van der Waals surface area contributed by atoms with Crippen LogP contribution in [0.4, 0.5) is 5.95 Å². The largest absolute Gasteiger partial charge is 0.339 e. The topological polar surface area (TPSA) is 32.3 Å². The zero-order chi connectivity index (χ0) is 11.7. The number of fused-ring (bicyclic) bond motifs is 1. The van der Waals surface area contributed by atoms with E-state index in [1.165, 1.54) is 32.4 Å². The Morgan fingerprint density at radius 3 is 2.71 bits per heavy atom. The lowest BCUT2D eigenvalue weighted by Gasteiger charge is -2.25. The number of rotatable bonds is 1. The summed E-state index contributed by atoms with van der Waals surface area (Å²) in [6.07, 6.45) is 7.72. The Hall–Kier alpha value is -0.430. The minimum absolute atomic E-state index is 0.723. The van der Waals surface area contributed by atoms with Crippen LogP contribution in [0.2, 0.25) is 0 Å². The minimum atomic E-state index is 0.723. The van der Waals surface area contributed by atoms with Crippen molar-refractivity contribution in [2.75, 3.05) is 31.1 Å². The van der Waals surface area contributed by atoms with Crippen LogP contribution >= 0.6 is 22.6 Å². The van der Waals surface area contributed by atoms with Gasteiger partial charge in [-0.15, -0.1) is 0 Å². The van der Waals surface area contributed by atoms with Gasteiger partial charge in [-0.25, -0.2) is 9.97 Å². The standard InChI is InChI=1S/C12H17IN4/c13-10-7-14-12(15-8-10)17-6-2-5-16-4-1-3-11(16)9-17/h7-8,11H,1-6,9H2. The summed E-state index contributed by atoms with van der Waals surface area (Å²) in [5.74, 6) is 0.902. The van der Waals surface area contributed by atoms with Gasteiger partial charge in [0, 0.05) is 41.6 Å². The summed E-state index contributed by atoms with van der Waals surface area (Å²) in [4.78, 5) is 13.9. The van der Waals surface area contributed by atoms with E-state index in [1.54, 1.807) is 0 Å². The molecule has 0 N–H and O–H groups in total. The van der Waals surface area contributed by atoms with Gasteiger partial charge in [0.15, 0.2) is 0 Å². The van der Waals surface area contributed by atoms with Crippen LogP contribution in [-0.4, -0.2) is 47.1 Å². The molecule has 1 unspecified atom stereocenters. The second kappa shape index (κ2) is 5.06. The van der Waals surface area contributed by atoms with Crippen molar-refractivity contribution in [1.82, 2.24) is 14.9 Å². The number of hydrogen-bond donors (Lipinski definition) is 0. The van der Waals surface area contributed by atoms with Crippen LogP contribution in [0.3, 0.4) is 0 Å². The predicted molar refractivity (Wildman–Crippen MR) is 76.2 cm³/mol. The van der Waals surface area contributed by atoms with Gasteiger partial charge in [0.1, 0.15) is 0 Å². The molecule has 0 radical (unpaired) electrons. The van der Waals surface area contributed by atoms with Crippen molar-refractivity contribution in [3.05, 3.63) is 16.0 Å². The van der Waals surface area contributed by atoms with Crippen molar-refractivity contribution < 1.29 is 0 Å². The van der Waals surface area contributed by atoms with Crippen molar-refractivity contribution in [2.24, 2.45) is 0 Å². The summed E-state index contributed by atoms with van der Waals surface area (Å²) < 4.78 is 1.10. The molecule has 1 atom stereocenters. The maximum Gasteiger partial charge on any atom is 0.225 e. The van der Waals surface area contributed by atoms with Crippen molar-refractivity contribution in [2.45, 2.75) is 25.3 Å². The molecular formula is C12H17IN4. The number of halogens is 1. The van der Waals surface area contributed by atoms with Gasteiger partial charge in [-0.3, -0.25) is 4.90 Å². The van der Waals surface area contributed by atoms with Crippen LogP contribution in [0.15, 0.2) is 12.4 Å². The highest BCUT2D eigenvalue weighted by Gasteiger charge is 2.29. The smallest absolute Gasteiger partial charge is 0.225 e. The average molecular weight is 344 g/mol. The quantitative estimate of drug-likeness (QED) is 0.727. The molecular weight excluding hydrogens is 327 g/mol. The molecule has 2 fully saturated rings. The molecule has 0 bridgehead atoms. The maximum absolute atomic E-state index is 4.45. The third-order valence-corrected chi connectivity index (χ3v) is 4.25. The van der Waals surface area contributed by atoms with E-state index >= 15 is 0 Å². The highest BCUT2D eigenvalue weighted by atomic mass is 127. The third kappa shape index (κ3) is 2.54. The van der Waals surface area contributed by atoms with Gasteiger partial charge in [-0.2, -0.15) is 0 Å². The third-order valence-electron chi connectivity index (χ3n) is 3.69. The van der Waals surface area contributed by atoms with Gasteiger partial charge in [0.05, 0.1) is 0 Å². The van der Waals surface area contributed by atoms with Gasteiger partial charge in [-0.05, 0) is 48.4 Å². The molecule has 0 spiro atoms. The molecule has 0 aromatic carbocycles. The summed E-state index contributed by atoms with van der Waals surface area (Å²) in [6, 6.07) is 0.723. The summed E-state index contributed by atoms with van der Waals surface area (Å²) in [6.45, 7) is 4.71. The lowest BCUT2D eigenvalue weighted by Crippen LogP contribution is -2.37. The van der Waals surface area contributed by atoms with Gasteiger partial charge in [0.2, 0.25) is 5.95 Å². The van der Waals surface area contributed by atoms with Crippen LogP contribution in [0.1, 0.15) is 19.3 Å². The molecule has 2 aliphatic rings. The van der Waals surface area contributed by atoms with E-state index in [4.69, 9.17) is 0 Å². The van der Waals surface area contributed by atoms with Crippen molar-refractivity contribution in [3.63, 3.8) is 0 Å². The molecule has 2 aliphatic heterocycles. The maximum atomic E-state index is 4.45. The average Bonchev–Trinajstić information content (AvgIpc) is 2.68. The Morgan fingerprint density at radius 2 is 1.88 bits per heavy atom. The first-order chi connectivity index (χ1) is 8.33. The molecule has 4 nitrogen and oxygen atoms in total. The van der Waals surface area contributed by atoms with Crippen LogP contribution in [0.5, 0.6) is 0 Å². The molecule has 2 saturated heterocycles. The summed E-state index contributed by atoms with van der Waals surface area (Å²) in [5, 5.41) is 0. The number of hydrogen-bond acceptors (Lipinski definition) is 4. The molecule has 3 heterocycles. The van der Waals surface area contributed by atoms with Crippen LogP contribution in [0, 0.1) is 3.57 Å². The first kappa shape index (κ1) is 11.6. The zero-order valence-corrected chi connectivity index (χ0v) is 12.0. The number of nitrogens with zero attached hydrogens (tertiary/aromatic N) is 4. The molecule has 0 saturated carbocycles. The van der Waals surface area contributed by atoms with Crippen molar-refractivity contribution in [1.29, 1.82) is 0 Å². The van der Waals surface area contributed by atoms with Crippen LogP contribution < -0.4 is 4.90 Å². The fourth-order valence-corrected chi connectivity index (χ4v) is 3.14. The fraction of sp³-hybridized carbons (Fsp3) is 0.667. The minimum Gasteiger partial charge on any atom is -0.339 e. The summed E-state index contributed by atoms with van der Waals surface area (Å²) in [7, 11) is 0. The molecule has 0 aliphatic carbocycles. The monoisotopic (exact) mass is 344 g/mol. The fourth-order valence-electron chi connectivity index (χ4n) is 2.86. The second-order valence-corrected chi connectivity index (χ2v) is 6.08. The number of aromatic nitrogens is 2. The summed E-state index contributed by atoms with van der Waals surface area (Å²) >= 11 is 2.25. The predicted octanol–water partition coefficient (Wildman–Crippen LogP) is 1.76. The Labute approximate surface area is 116 Å². The van der Waals surface area contributed by atoms with Gasteiger partial charge in [0.25, 0.3) is 0 Å². The lowest BCUT2D eigenvalue weighted by molar-refractivity contribution is 0.273. The normalized spacial score (nSPS) is 25.7.